The second-order valence-electron chi connectivity index (χ2n) is 1.03. The quantitative estimate of drug-likeness (QED) is 0.381. The normalized spacial score (nSPS) is 7.62. The van der Waals surface area contributed by atoms with Crippen LogP contribution in [0.4, 0.5) is 0 Å². The maximum Gasteiger partial charge on any atom is 1.00 e. The number of rotatable bonds is 0. The Kier molecular flexibility index (Phi) is 3.89. The second kappa shape index (κ2) is 3.91. The molecule has 0 aliphatic rings. The predicted octanol–water partition coefficient (Wildman–Crippen LogP) is -1.75. The van der Waals surface area contributed by atoms with Crippen LogP contribution in [0.1, 0.15) is 1.43 Å². The van der Waals surface area contributed by atoms with E-state index in [0.29, 0.717) is 5.15 Å². The molecule has 1 heterocycles. The van der Waals surface area contributed by atoms with Crippen molar-refractivity contribution in [2.24, 2.45) is 0 Å². The van der Waals surface area contributed by atoms with E-state index in [-0.39, 0.29) is 20.3 Å². The standard InChI is InChI=1S/C4H3ClN2.Li.H/c5-4-3-6-1-2-7-4;;/h1-3H;;/q;+1;-1. The molecule has 0 bridgehead atoms. The predicted molar refractivity (Wildman–Crippen MR) is 28.2 cm³/mol. The molecule has 0 fully saturated rings. The van der Waals surface area contributed by atoms with Crippen LogP contribution in [-0.4, -0.2) is 9.97 Å². The van der Waals surface area contributed by atoms with E-state index in [4.69, 9.17) is 11.6 Å². The monoisotopic (exact) mass is 122 g/mol. The third kappa shape index (κ3) is 2.32. The molecular weight excluding hydrogens is 118 g/mol. The van der Waals surface area contributed by atoms with E-state index in [1.807, 2.05) is 0 Å². The number of nitrogens with zero attached hydrogens (tertiary/aromatic N) is 2. The molecule has 0 saturated carbocycles. The van der Waals surface area contributed by atoms with Crippen LogP contribution in [0.2, 0.25) is 5.15 Å². The van der Waals surface area contributed by atoms with Crippen molar-refractivity contribution >= 4 is 11.6 Å². The Labute approximate surface area is 66.0 Å². The summed E-state index contributed by atoms with van der Waals surface area (Å²) < 4.78 is 0. The molecular formula is C4H4ClLiN2. The Balaban J connectivity index is 0. The third-order valence-corrected chi connectivity index (χ3v) is 0.727. The third-order valence-electron chi connectivity index (χ3n) is 0.532. The van der Waals surface area contributed by atoms with E-state index >= 15 is 0 Å². The number of hydrogen-bond acceptors (Lipinski definition) is 2. The van der Waals surface area contributed by atoms with Gasteiger partial charge in [0.15, 0.2) is 0 Å². The van der Waals surface area contributed by atoms with Crippen LogP contribution < -0.4 is 18.9 Å². The molecule has 1 aromatic rings. The van der Waals surface area contributed by atoms with Crippen LogP contribution in [0.5, 0.6) is 0 Å². The van der Waals surface area contributed by atoms with E-state index in [9.17, 15) is 0 Å². The first-order valence-electron chi connectivity index (χ1n) is 1.81. The van der Waals surface area contributed by atoms with Gasteiger partial charge in [-0.2, -0.15) is 0 Å². The van der Waals surface area contributed by atoms with Crippen LogP contribution in [0.3, 0.4) is 0 Å². The van der Waals surface area contributed by atoms with Crippen LogP contribution >= 0.6 is 11.6 Å². The topological polar surface area (TPSA) is 25.8 Å². The minimum Gasteiger partial charge on any atom is -1.00 e. The minimum atomic E-state index is 0. The largest absolute Gasteiger partial charge is 1.00 e. The van der Waals surface area contributed by atoms with Crippen molar-refractivity contribution in [1.29, 1.82) is 0 Å². The molecule has 1 rings (SSSR count). The van der Waals surface area contributed by atoms with E-state index in [1.165, 1.54) is 6.20 Å². The van der Waals surface area contributed by atoms with Gasteiger partial charge in [0.2, 0.25) is 0 Å². The van der Waals surface area contributed by atoms with Gasteiger partial charge in [0.25, 0.3) is 0 Å². The van der Waals surface area contributed by atoms with Gasteiger partial charge in [-0.15, -0.1) is 0 Å². The van der Waals surface area contributed by atoms with Crippen molar-refractivity contribution in [2.75, 3.05) is 0 Å². The Morgan fingerprint density at radius 3 is 2.50 bits per heavy atom. The summed E-state index contributed by atoms with van der Waals surface area (Å²) in [5.41, 5.74) is 0. The molecule has 8 heavy (non-hydrogen) atoms. The molecule has 0 radical (unpaired) electrons. The zero-order valence-electron chi connectivity index (χ0n) is 5.50. The van der Waals surface area contributed by atoms with E-state index in [2.05, 4.69) is 9.97 Å². The molecule has 4 heteroatoms. The minimum absolute atomic E-state index is 0. The Hall–Kier alpha value is -0.0326. The average molecular weight is 122 g/mol. The van der Waals surface area contributed by atoms with Crippen molar-refractivity contribution in [3.8, 4) is 0 Å². The molecule has 38 valence electrons. The summed E-state index contributed by atoms with van der Waals surface area (Å²) in [5, 5.41) is 0.433. The molecule has 0 amide bonds. The van der Waals surface area contributed by atoms with Gasteiger partial charge < -0.3 is 1.43 Å². The van der Waals surface area contributed by atoms with Crippen LogP contribution in [0.15, 0.2) is 18.6 Å². The van der Waals surface area contributed by atoms with Crippen molar-refractivity contribution in [1.82, 2.24) is 9.97 Å². The first-order valence-corrected chi connectivity index (χ1v) is 2.19. The SMILES string of the molecule is Clc1cnccn1.[H-].[Li+]. The molecule has 0 aliphatic heterocycles. The van der Waals surface area contributed by atoms with Crippen molar-refractivity contribution in [3.63, 3.8) is 0 Å². The summed E-state index contributed by atoms with van der Waals surface area (Å²) in [6, 6.07) is 0. The summed E-state index contributed by atoms with van der Waals surface area (Å²) in [5.74, 6) is 0. The van der Waals surface area contributed by atoms with Crippen molar-refractivity contribution in [3.05, 3.63) is 23.7 Å². The van der Waals surface area contributed by atoms with Gasteiger partial charge in [-0.05, 0) is 0 Å². The van der Waals surface area contributed by atoms with Crippen molar-refractivity contribution < 1.29 is 20.3 Å². The van der Waals surface area contributed by atoms with Crippen LogP contribution in [0, 0.1) is 0 Å². The van der Waals surface area contributed by atoms with Gasteiger partial charge in [-0.1, -0.05) is 11.6 Å². The fraction of sp³-hybridized carbons (Fsp3) is 0. The molecule has 0 aliphatic carbocycles. The molecule has 0 unspecified atom stereocenters. The maximum absolute atomic E-state index is 5.37. The smallest absolute Gasteiger partial charge is 1.00 e. The summed E-state index contributed by atoms with van der Waals surface area (Å²) in [7, 11) is 0. The summed E-state index contributed by atoms with van der Waals surface area (Å²) in [4.78, 5) is 7.37. The van der Waals surface area contributed by atoms with Gasteiger partial charge in [-0.3, -0.25) is 4.98 Å². The fourth-order valence-electron chi connectivity index (χ4n) is 0.281. The number of halogens is 1. The van der Waals surface area contributed by atoms with Gasteiger partial charge in [0.1, 0.15) is 5.15 Å². The number of hydrogen-bond donors (Lipinski definition) is 0. The second-order valence-corrected chi connectivity index (χ2v) is 1.42. The zero-order valence-corrected chi connectivity index (χ0v) is 5.26. The molecule has 0 atom stereocenters. The van der Waals surface area contributed by atoms with Crippen molar-refractivity contribution in [2.45, 2.75) is 0 Å². The Bertz CT molecular complexity index is 148. The number of aromatic nitrogens is 2. The average Bonchev–Trinajstić information content (AvgIpc) is 1.69. The maximum atomic E-state index is 5.37. The molecule has 0 spiro atoms. The molecule has 2 nitrogen and oxygen atoms in total. The first kappa shape index (κ1) is 7.97. The van der Waals surface area contributed by atoms with Gasteiger partial charge in [-0.25, -0.2) is 4.98 Å². The summed E-state index contributed by atoms with van der Waals surface area (Å²) in [6.07, 6.45) is 4.61. The first-order chi connectivity index (χ1) is 3.39. The van der Waals surface area contributed by atoms with Crippen LogP contribution in [-0.2, 0) is 0 Å². The van der Waals surface area contributed by atoms with Crippen LogP contribution in [0.25, 0.3) is 0 Å². The molecule has 1 aromatic heterocycles. The van der Waals surface area contributed by atoms with Gasteiger partial charge >= 0.3 is 18.9 Å². The molecule has 0 saturated heterocycles. The zero-order chi connectivity index (χ0) is 5.11. The molecule has 0 N–H and O–H groups in total. The summed E-state index contributed by atoms with van der Waals surface area (Å²) >= 11 is 5.37. The van der Waals surface area contributed by atoms with E-state index in [0.717, 1.165) is 0 Å². The van der Waals surface area contributed by atoms with Gasteiger partial charge in [0.05, 0.1) is 6.20 Å². The van der Waals surface area contributed by atoms with E-state index in [1.54, 1.807) is 12.4 Å². The summed E-state index contributed by atoms with van der Waals surface area (Å²) in [6.45, 7) is 0. The Morgan fingerprint density at radius 1 is 1.50 bits per heavy atom. The fourth-order valence-corrected chi connectivity index (χ4v) is 0.394. The van der Waals surface area contributed by atoms with Gasteiger partial charge in [0, 0.05) is 12.4 Å². The Morgan fingerprint density at radius 2 is 2.25 bits per heavy atom. The van der Waals surface area contributed by atoms with E-state index < -0.39 is 0 Å². The molecule has 0 aromatic carbocycles.